The fourth-order valence-electron chi connectivity index (χ4n) is 2.76. The lowest BCUT2D eigenvalue weighted by molar-refractivity contribution is -0.137. The quantitative estimate of drug-likeness (QED) is 0.460. The van der Waals surface area contributed by atoms with E-state index in [0.29, 0.717) is 23.5 Å². The Labute approximate surface area is 188 Å². The summed E-state index contributed by atoms with van der Waals surface area (Å²) in [5, 5.41) is 11.3. The van der Waals surface area contributed by atoms with Crippen molar-refractivity contribution in [3.05, 3.63) is 54.1 Å². The highest BCUT2D eigenvalue weighted by Crippen LogP contribution is 2.31. The molecule has 170 valence electrons. The minimum Gasteiger partial charge on any atom is -0.493 e. The predicted octanol–water partition coefficient (Wildman–Crippen LogP) is 5.27. The molecule has 2 aromatic carbocycles. The molecule has 1 amide bonds. The van der Waals surface area contributed by atoms with Gasteiger partial charge in [0.05, 0.1) is 17.9 Å². The summed E-state index contributed by atoms with van der Waals surface area (Å²) in [7, 11) is 1.78. The second kappa shape index (κ2) is 10.1. The van der Waals surface area contributed by atoms with Gasteiger partial charge in [-0.15, -0.1) is 10.2 Å². The molecule has 0 aliphatic heterocycles. The first-order chi connectivity index (χ1) is 15.1. The van der Waals surface area contributed by atoms with Crippen LogP contribution in [-0.2, 0) is 18.0 Å². The van der Waals surface area contributed by atoms with Gasteiger partial charge in [-0.05, 0) is 48.4 Å². The number of thioether (sulfide) groups is 1. The van der Waals surface area contributed by atoms with Crippen LogP contribution in [0.15, 0.2) is 53.7 Å². The number of nitrogens with one attached hydrogen (secondary N) is 1. The zero-order valence-corrected chi connectivity index (χ0v) is 18.6. The summed E-state index contributed by atoms with van der Waals surface area (Å²) < 4.78 is 45.9. The summed E-state index contributed by atoms with van der Waals surface area (Å²) in [6, 6.07) is 12.0. The Balaban J connectivity index is 1.59. The van der Waals surface area contributed by atoms with Crippen LogP contribution in [0.4, 0.5) is 18.9 Å². The number of hydrogen-bond donors (Lipinski definition) is 1. The van der Waals surface area contributed by atoms with Crippen LogP contribution in [0.5, 0.6) is 5.75 Å². The number of hydrogen-bond acceptors (Lipinski definition) is 5. The first-order valence-electron chi connectivity index (χ1n) is 9.86. The van der Waals surface area contributed by atoms with Gasteiger partial charge in [-0.2, -0.15) is 13.2 Å². The molecule has 10 heteroatoms. The van der Waals surface area contributed by atoms with Crippen molar-refractivity contribution in [2.24, 2.45) is 13.0 Å². The molecule has 3 aromatic rings. The number of carbonyl (C=O) groups is 1. The van der Waals surface area contributed by atoms with Crippen LogP contribution in [0, 0.1) is 5.92 Å². The van der Waals surface area contributed by atoms with Crippen LogP contribution < -0.4 is 10.1 Å². The molecule has 0 radical (unpaired) electrons. The van der Waals surface area contributed by atoms with Gasteiger partial charge in [0.15, 0.2) is 11.0 Å². The number of benzene rings is 2. The molecule has 0 atom stereocenters. The van der Waals surface area contributed by atoms with E-state index in [1.807, 2.05) is 24.3 Å². The third-order valence-electron chi connectivity index (χ3n) is 4.34. The molecule has 0 bridgehead atoms. The SMILES string of the molecule is CC(C)COc1ccc(-c2nnc(SCC(=O)Nc3cccc(C(F)(F)F)c3)n2C)cc1. The maximum atomic E-state index is 12.8. The molecule has 0 aliphatic rings. The van der Waals surface area contributed by atoms with Crippen molar-refractivity contribution in [2.45, 2.75) is 25.2 Å². The van der Waals surface area contributed by atoms with Crippen molar-refractivity contribution < 1.29 is 22.7 Å². The smallest absolute Gasteiger partial charge is 0.416 e. The highest BCUT2D eigenvalue weighted by atomic mass is 32.2. The molecule has 1 heterocycles. The molecule has 0 aliphatic carbocycles. The minimum atomic E-state index is -4.47. The summed E-state index contributed by atoms with van der Waals surface area (Å²) in [4.78, 5) is 12.2. The third kappa shape index (κ3) is 6.25. The van der Waals surface area contributed by atoms with E-state index >= 15 is 0 Å². The van der Waals surface area contributed by atoms with Crippen molar-refractivity contribution in [3.8, 4) is 17.1 Å². The van der Waals surface area contributed by atoms with Crippen LogP contribution in [0.1, 0.15) is 19.4 Å². The van der Waals surface area contributed by atoms with E-state index in [0.717, 1.165) is 35.2 Å². The summed E-state index contributed by atoms with van der Waals surface area (Å²) in [5.74, 6) is 1.36. The average molecular weight is 465 g/mol. The monoisotopic (exact) mass is 464 g/mol. The van der Waals surface area contributed by atoms with E-state index in [1.54, 1.807) is 11.6 Å². The molecule has 0 unspecified atom stereocenters. The van der Waals surface area contributed by atoms with Gasteiger partial charge >= 0.3 is 6.18 Å². The number of alkyl halides is 3. The Hall–Kier alpha value is -3.01. The van der Waals surface area contributed by atoms with Crippen LogP contribution in [0.3, 0.4) is 0 Å². The van der Waals surface area contributed by atoms with Gasteiger partial charge < -0.3 is 14.6 Å². The molecular weight excluding hydrogens is 441 g/mol. The Bertz CT molecular complexity index is 1070. The minimum absolute atomic E-state index is 0.0236. The Kier molecular flexibility index (Phi) is 7.44. The number of carbonyl (C=O) groups excluding carboxylic acids is 1. The number of rotatable bonds is 8. The fourth-order valence-corrected chi connectivity index (χ4v) is 3.47. The van der Waals surface area contributed by atoms with Crippen molar-refractivity contribution in [1.29, 1.82) is 0 Å². The zero-order valence-electron chi connectivity index (χ0n) is 17.8. The molecule has 0 fully saturated rings. The second-order valence-corrected chi connectivity index (χ2v) is 8.45. The molecule has 6 nitrogen and oxygen atoms in total. The van der Waals surface area contributed by atoms with E-state index < -0.39 is 17.6 Å². The molecular formula is C22H23F3N4O2S. The van der Waals surface area contributed by atoms with Crippen LogP contribution in [0.2, 0.25) is 0 Å². The lowest BCUT2D eigenvalue weighted by Crippen LogP contribution is -2.15. The first kappa shape index (κ1) is 23.6. The van der Waals surface area contributed by atoms with Gasteiger partial charge in [-0.25, -0.2) is 0 Å². The largest absolute Gasteiger partial charge is 0.493 e. The van der Waals surface area contributed by atoms with Crippen LogP contribution in [0.25, 0.3) is 11.4 Å². The Morgan fingerprint density at radius 3 is 2.53 bits per heavy atom. The summed E-state index contributed by atoms with van der Waals surface area (Å²) >= 11 is 1.14. The van der Waals surface area contributed by atoms with Crippen molar-refractivity contribution in [3.63, 3.8) is 0 Å². The molecule has 3 rings (SSSR count). The Morgan fingerprint density at radius 1 is 1.16 bits per heavy atom. The molecule has 0 saturated carbocycles. The molecule has 32 heavy (non-hydrogen) atoms. The number of ether oxygens (including phenoxy) is 1. The molecule has 0 saturated heterocycles. The lowest BCUT2D eigenvalue weighted by atomic mass is 10.2. The van der Waals surface area contributed by atoms with E-state index in [1.165, 1.54) is 12.1 Å². The molecule has 1 aromatic heterocycles. The highest BCUT2D eigenvalue weighted by molar-refractivity contribution is 7.99. The van der Waals surface area contributed by atoms with E-state index in [4.69, 9.17) is 4.74 Å². The van der Waals surface area contributed by atoms with Crippen LogP contribution in [-0.4, -0.2) is 33.0 Å². The summed E-state index contributed by atoms with van der Waals surface area (Å²) in [6.45, 7) is 4.78. The predicted molar refractivity (Wildman–Crippen MR) is 118 cm³/mol. The number of nitrogens with zero attached hydrogens (tertiary/aromatic N) is 3. The maximum Gasteiger partial charge on any atom is 0.416 e. The van der Waals surface area contributed by atoms with Crippen molar-refractivity contribution in [2.75, 3.05) is 17.7 Å². The Morgan fingerprint density at radius 2 is 1.88 bits per heavy atom. The van der Waals surface area contributed by atoms with Gasteiger partial charge in [0, 0.05) is 18.3 Å². The first-order valence-corrected chi connectivity index (χ1v) is 10.8. The van der Waals surface area contributed by atoms with Crippen molar-refractivity contribution >= 4 is 23.4 Å². The van der Waals surface area contributed by atoms with Gasteiger partial charge in [0.1, 0.15) is 5.75 Å². The summed E-state index contributed by atoms with van der Waals surface area (Å²) in [6.07, 6.45) is -4.47. The topological polar surface area (TPSA) is 69.0 Å². The van der Waals surface area contributed by atoms with Gasteiger partial charge in [0.2, 0.25) is 5.91 Å². The number of halogens is 3. The normalized spacial score (nSPS) is 11.6. The number of amides is 1. The average Bonchev–Trinajstić information content (AvgIpc) is 3.11. The number of aromatic nitrogens is 3. The van der Waals surface area contributed by atoms with E-state index in [2.05, 4.69) is 29.4 Å². The van der Waals surface area contributed by atoms with E-state index in [9.17, 15) is 18.0 Å². The fraction of sp³-hybridized carbons (Fsp3) is 0.318. The van der Waals surface area contributed by atoms with Crippen LogP contribution >= 0.6 is 11.8 Å². The van der Waals surface area contributed by atoms with Gasteiger partial charge in [0.25, 0.3) is 0 Å². The summed E-state index contributed by atoms with van der Waals surface area (Å²) in [5.41, 5.74) is 0.113. The molecule has 0 spiro atoms. The molecule has 1 N–H and O–H groups in total. The lowest BCUT2D eigenvalue weighted by Gasteiger charge is -2.10. The maximum absolute atomic E-state index is 12.8. The van der Waals surface area contributed by atoms with Gasteiger partial charge in [-0.1, -0.05) is 31.7 Å². The number of anilines is 1. The van der Waals surface area contributed by atoms with Gasteiger partial charge in [-0.3, -0.25) is 4.79 Å². The third-order valence-corrected chi connectivity index (χ3v) is 5.36. The second-order valence-electron chi connectivity index (χ2n) is 7.51. The highest BCUT2D eigenvalue weighted by Gasteiger charge is 2.30. The van der Waals surface area contributed by atoms with Crippen molar-refractivity contribution in [1.82, 2.24) is 14.8 Å². The van der Waals surface area contributed by atoms with E-state index in [-0.39, 0.29) is 11.4 Å². The standard InChI is InChI=1S/C22H23F3N4O2S/c1-14(2)12-31-18-9-7-15(8-10-18)20-27-28-21(29(20)3)32-13-19(30)26-17-6-4-5-16(11-17)22(23,24)25/h4-11,14H,12-13H2,1-3H3,(H,26,30). The zero-order chi connectivity index (χ0) is 23.3.